The highest BCUT2D eigenvalue weighted by molar-refractivity contribution is 7.89. The van der Waals surface area contributed by atoms with Crippen molar-refractivity contribution in [1.82, 2.24) is 9.21 Å². The van der Waals surface area contributed by atoms with E-state index in [4.69, 9.17) is 19.5 Å². The molecule has 2 aromatic rings. The Hall–Kier alpha value is -2.80. The summed E-state index contributed by atoms with van der Waals surface area (Å²) < 4.78 is 45.0. The molecule has 2 heterocycles. The molecule has 8 nitrogen and oxygen atoms in total. The molecule has 2 bridgehead atoms. The van der Waals surface area contributed by atoms with Gasteiger partial charge in [0.15, 0.2) is 17.7 Å². The SMILES string of the molecule is CCCCS(=O)(=O)N1CC2CC(CN(C(CCCc3ccc(C#N)cc3)Oc3ccc(OC)c(OC)c3)C2)C1. The van der Waals surface area contributed by atoms with Gasteiger partial charge in [0.2, 0.25) is 10.0 Å². The molecule has 4 rings (SSSR count). The van der Waals surface area contributed by atoms with E-state index in [0.29, 0.717) is 48.4 Å². The molecule has 2 aliphatic rings. The van der Waals surface area contributed by atoms with Gasteiger partial charge in [0.25, 0.3) is 0 Å². The highest BCUT2D eigenvalue weighted by Gasteiger charge is 2.40. The van der Waals surface area contributed by atoms with Gasteiger partial charge in [-0.25, -0.2) is 12.7 Å². The summed E-state index contributed by atoms with van der Waals surface area (Å²) >= 11 is 0. The zero-order valence-electron chi connectivity index (χ0n) is 23.3. The van der Waals surface area contributed by atoms with Gasteiger partial charge in [-0.05, 0) is 73.8 Å². The van der Waals surface area contributed by atoms with Crippen molar-refractivity contribution < 1.29 is 22.6 Å². The number of nitriles is 1. The van der Waals surface area contributed by atoms with Crippen LogP contribution in [0.2, 0.25) is 0 Å². The van der Waals surface area contributed by atoms with Crippen LogP contribution in [0.15, 0.2) is 42.5 Å². The van der Waals surface area contributed by atoms with Crippen LogP contribution >= 0.6 is 0 Å². The minimum atomic E-state index is -3.20. The number of ether oxygens (including phenoxy) is 3. The molecule has 0 amide bonds. The molecule has 0 spiro atoms. The van der Waals surface area contributed by atoms with Crippen LogP contribution in [0.3, 0.4) is 0 Å². The quantitative estimate of drug-likeness (QED) is 0.354. The first-order valence-corrected chi connectivity index (χ1v) is 15.6. The summed E-state index contributed by atoms with van der Waals surface area (Å²) in [6.45, 7) is 4.83. The molecule has 0 N–H and O–H groups in total. The maximum absolute atomic E-state index is 12.9. The smallest absolute Gasteiger partial charge is 0.214 e. The predicted octanol–water partition coefficient (Wildman–Crippen LogP) is 4.69. The van der Waals surface area contributed by atoms with Crippen molar-refractivity contribution in [3.05, 3.63) is 53.6 Å². The van der Waals surface area contributed by atoms with Gasteiger partial charge < -0.3 is 14.2 Å². The van der Waals surface area contributed by atoms with Crippen LogP contribution in [-0.2, 0) is 16.4 Å². The maximum atomic E-state index is 12.9. The van der Waals surface area contributed by atoms with E-state index in [9.17, 15) is 8.42 Å². The molecule has 2 aliphatic heterocycles. The van der Waals surface area contributed by atoms with Gasteiger partial charge in [0, 0.05) is 32.2 Å². The third-order valence-corrected chi connectivity index (χ3v) is 9.65. The number of aryl methyl sites for hydroxylation is 1. The van der Waals surface area contributed by atoms with E-state index in [0.717, 1.165) is 50.9 Å². The van der Waals surface area contributed by atoms with Crippen LogP contribution < -0.4 is 14.2 Å². The largest absolute Gasteiger partial charge is 0.493 e. The molecule has 0 saturated carbocycles. The van der Waals surface area contributed by atoms with Crippen LogP contribution in [0, 0.1) is 23.2 Å². The van der Waals surface area contributed by atoms with Crippen LogP contribution in [0.4, 0.5) is 0 Å². The first-order valence-electron chi connectivity index (χ1n) is 13.9. The Morgan fingerprint density at radius 1 is 0.974 bits per heavy atom. The Bertz CT molecular complexity index is 1210. The zero-order chi connectivity index (χ0) is 27.8. The summed E-state index contributed by atoms with van der Waals surface area (Å²) in [6.07, 6.45) is 5.15. The van der Waals surface area contributed by atoms with Crippen molar-refractivity contribution >= 4 is 10.0 Å². The summed E-state index contributed by atoms with van der Waals surface area (Å²) in [5, 5.41) is 9.07. The van der Waals surface area contributed by atoms with Gasteiger partial charge in [-0.3, -0.25) is 4.90 Å². The number of unbranched alkanes of at least 4 members (excludes halogenated alkanes) is 1. The summed E-state index contributed by atoms with van der Waals surface area (Å²) in [7, 11) is 0.0273. The van der Waals surface area contributed by atoms with E-state index in [2.05, 4.69) is 11.0 Å². The van der Waals surface area contributed by atoms with Crippen molar-refractivity contribution in [1.29, 1.82) is 5.26 Å². The third kappa shape index (κ3) is 7.65. The lowest BCUT2D eigenvalue weighted by molar-refractivity contribution is -0.0435. The summed E-state index contributed by atoms with van der Waals surface area (Å²) in [4.78, 5) is 2.41. The highest BCUT2D eigenvalue weighted by Crippen LogP contribution is 2.35. The lowest BCUT2D eigenvalue weighted by atomic mass is 9.85. The Morgan fingerprint density at radius 2 is 1.67 bits per heavy atom. The number of hydrogen-bond acceptors (Lipinski definition) is 7. The van der Waals surface area contributed by atoms with Crippen LogP contribution in [-0.4, -0.2) is 70.0 Å². The fourth-order valence-corrected chi connectivity index (χ4v) is 7.57. The zero-order valence-corrected chi connectivity index (χ0v) is 24.2. The normalized spacial score (nSPS) is 20.7. The molecule has 9 heteroatoms. The number of hydrogen-bond donors (Lipinski definition) is 0. The summed E-state index contributed by atoms with van der Waals surface area (Å²) in [5.74, 6) is 2.82. The highest BCUT2D eigenvalue weighted by atomic mass is 32.2. The molecular weight excluding hydrogens is 514 g/mol. The minimum absolute atomic E-state index is 0.143. The fourth-order valence-electron chi connectivity index (χ4n) is 5.78. The van der Waals surface area contributed by atoms with Gasteiger partial charge in [-0.2, -0.15) is 5.26 Å². The minimum Gasteiger partial charge on any atom is -0.493 e. The van der Waals surface area contributed by atoms with Gasteiger partial charge in [-0.15, -0.1) is 0 Å². The van der Waals surface area contributed by atoms with E-state index < -0.39 is 10.0 Å². The second kappa shape index (κ2) is 13.5. The summed E-state index contributed by atoms with van der Waals surface area (Å²) in [6, 6.07) is 15.5. The van der Waals surface area contributed by atoms with E-state index in [1.54, 1.807) is 18.5 Å². The number of fused-ring (bicyclic) bond motifs is 2. The number of piperidine rings is 2. The monoisotopic (exact) mass is 555 g/mol. The average Bonchev–Trinajstić information content (AvgIpc) is 2.95. The number of rotatable bonds is 13. The Labute approximate surface area is 233 Å². The van der Waals surface area contributed by atoms with Gasteiger partial charge in [0.05, 0.1) is 31.6 Å². The molecule has 3 atom stereocenters. The Kier molecular flexibility index (Phi) is 10.1. The van der Waals surface area contributed by atoms with Crippen molar-refractivity contribution in [2.75, 3.05) is 46.2 Å². The van der Waals surface area contributed by atoms with Crippen LogP contribution in [0.5, 0.6) is 17.2 Å². The first-order chi connectivity index (χ1) is 18.8. The second-order valence-electron chi connectivity index (χ2n) is 10.7. The first kappa shape index (κ1) is 29.2. The Balaban J connectivity index is 1.46. The molecule has 3 unspecified atom stereocenters. The van der Waals surface area contributed by atoms with E-state index in [-0.39, 0.29) is 12.0 Å². The Morgan fingerprint density at radius 3 is 2.28 bits per heavy atom. The molecule has 2 aromatic carbocycles. The standard InChI is InChI=1S/C30H41N3O5S/c1-4-5-15-39(34,35)33-21-25-16-26(22-33)20-32(19-25)30(8-6-7-23-9-11-24(18-31)12-10-23)38-27-13-14-28(36-2)29(17-27)37-3/h9-14,17,25-26,30H,4-8,15-16,19-22H2,1-3H3. The molecular formula is C30H41N3O5S. The molecule has 0 aliphatic carbocycles. The maximum Gasteiger partial charge on any atom is 0.214 e. The van der Waals surface area contributed by atoms with E-state index in [1.165, 1.54) is 5.56 Å². The predicted molar refractivity (Wildman–Crippen MR) is 151 cm³/mol. The van der Waals surface area contributed by atoms with Gasteiger partial charge in [0.1, 0.15) is 5.75 Å². The molecule has 39 heavy (non-hydrogen) atoms. The van der Waals surface area contributed by atoms with E-state index >= 15 is 0 Å². The number of likely N-dealkylation sites (tertiary alicyclic amines) is 1. The number of nitrogens with zero attached hydrogens (tertiary/aromatic N) is 3. The topological polar surface area (TPSA) is 92.1 Å². The van der Waals surface area contributed by atoms with E-state index in [1.807, 2.05) is 49.4 Å². The molecule has 212 valence electrons. The van der Waals surface area contributed by atoms with Crippen molar-refractivity contribution in [3.63, 3.8) is 0 Å². The van der Waals surface area contributed by atoms with Crippen molar-refractivity contribution in [2.45, 2.75) is 51.7 Å². The number of sulfonamides is 1. The van der Waals surface area contributed by atoms with Gasteiger partial charge >= 0.3 is 0 Å². The van der Waals surface area contributed by atoms with Crippen molar-refractivity contribution in [3.8, 4) is 23.3 Å². The van der Waals surface area contributed by atoms with Crippen molar-refractivity contribution in [2.24, 2.45) is 11.8 Å². The molecule has 0 radical (unpaired) electrons. The average molecular weight is 556 g/mol. The molecule has 2 saturated heterocycles. The molecule has 0 aromatic heterocycles. The summed E-state index contributed by atoms with van der Waals surface area (Å²) in [5.41, 5.74) is 1.86. The lowest BCUT2D eigenvalue weighted by Gasteiger charge is -2.47. The number of methoxy groups -OCH3 is 2. The lowest BCUT2D eigenvalue weighted by Crippen LogP contribution is -2.57. The number of benzene rings is 2. The van der Waals surface area contributed by atoms with Crippen LogP contribution in [0.1, 0.15) is 50.2 Å². The molecule has 2 fully saturated rings. The fraction of sp³-hybridized carbons (Fsp3) is 0.567. The second-order valence-corrected chi connectivity index (χ2v) is 12.8. The third-order valence-electron chi connectivity index (χ3n) is 7.76. The van der Waals surface area contributed by atoms with Crippen LogP contribution in [0.25, 0.3) is 0 Å². The van der Waals surface area contributed by atoms with Gasteiger partial charge in [-0.1, -0.05) is 25.5 Å².